The molecule has 3 aromatic carbocycles. The Morgan fingerprint density at radius 2 is 0.365 bits per heavy atom. The standard InChI is InChI=1S/C57H54N12.6C2H4O2.3Zn/c1-55(2)49-25-19-37(64-49)31-58-43-13-7-9-15-45(43)60-33-39-21-27-51(66-39)56(3,4)53-29-23-41(68-53)35-62-47-17-11-12-18-48(47)63-36-42-24-30-54(69-42)57(5,6)52-28-22-40(67-52)34-61-46-16-10-8-14-44(46)59-32-38-20-26-50(55)65-38;6*1-2(3)4;;;/h7-36,64-69H,1-6H3;6*1H3,(H,3,4);;;/q;;;;;;;3*+2/p-6. The molecule has 0 atom stereocenters. The molecule has 7 heterocycles. The summed E-state index contributed by atoms with van der Waals surface area (Å²) in [6.45, 7) is 19.0. The van der Waals surface area contributed by atoms with Crippen LogP contribution in [0.1, 0.15) is 151 Å². The number of hydrogen-bond acceptors (Lipinski definition) is 18. The molecule has 9 aromatic rings. The van der Waals surface area contributed by atoms with E-state index in [0.717, 1.165) is 144 Å². The molecule has 96 heavy (non-hydrogen) atoms. The number of hydrogen-bond donors (Lipinski definition) is 6. The van der Waals surface area contributed by atoms with Crippen molar-refractivity contribution in [2.24, 2.45) is 30.0 Å². The Kier molecular flexibility index (Phi) is 35.3. The van der Waals surface area contributed by atoms with Crippen LogP contribution >= 0.6 is 0 Å². The zero-order chi connectivity index (χ0) is 69.1. The van der Waals surface area contributed by atoms with Crippen LogP contribution < -0.4 is 30.6 Å². The van der Waals surface area contributed by atoms with Crippen LogP contribution in [0.2, 0.25) is 0 Å². The Hall–Kier alpha value is -9.95. The van der Waals surface area contributed by atoms with Crippen molar-refractivity contribution < 1.29 is 118 Å². The van der Waals surface area contributed by atoms with Gasteiger partial charge in [0.25, 0.3) is 0 Å². The number of nitrogens with one attached hydrogen (secondary N) is 6. The minimum absolute atomic E-state index is 0. The first-order valence-corrected chi connectivity index (χ1v) is 28.5. The predicted molar refractivity (Wildman–Crippen MR) is 348 cm³/mol. The second kappa shape index (κ2) is 40.3. The maximum atomic E-state index is 8.89. The molecule has 0 saturated heterocycles. The second-order valence-electron chi connectivity index (χ2n) is 21.8. The average Bonchev–Trinajstić information content (AvgIpc) is 1.66. The topological polar surface area (TPSA) is 410 Å². The first-order valence-electron chi connectivity index (χ1n) is 28.5. The minimum Gasteiger partial charge on any atom is -0.550 e. The fourth-order valence-electron chi connectivity index (χ4n) is 8.43. The molecule has 1 aliphatic rings. The van der Waals surface area contributed by atoms with Crippen molar-refractivity contribution in [1.29, 1.82) is 0 Å². The van der Waals surface area contributed by atoms with Crippen molar-refractivity contribution in [3.8, 4) is 0 Å². The molecule has 0 aliphatic carbocycles. The van der Waals surface area contributed by atoms with Crippen LogP contribution in [-0.2, 0) is 103 Å². The summed E-state index contributed by atoms with van der Waals surface area (Å²) in [4.78, 5) is 104. The van der Waals surface area contributed by atoms with Crippen LogP contribution in [0.25, 0.3) is 0 Å². The number of carboxylic acid groups (broad SMARTS) is 6. The quantitative estimate of drug-likeness (QED) is 0.0955. The Morgan fingerprint density at radius 1 is 0.250 bits per heavy atom. The minimum atomic E-state index is -1.08. The number of aliphatic imine (C=N–C) groups is 6. The van der Waals surface area contributed by atoms with E-state index in [2.05, 4.69) is 144 Å². The van der Waals surface area contributed by atoms with Gasteiger partial charge in [0, 0.05) is 86.2 Å². The Balaban J connectivity index is 0.00000148. The Bertz CT molecular complexity index is 3480. The summed E-state index contributed by atoms with van der Waals surface area (Å²) >= 11 is 0. The van der Waals surface area contributed by atoms with Gasteiger partial charge in [-0.15, -0.1) is 0 Å². The van der Waals surface area contributed by atoms with Crippen LogP contribution in [0.15, 0.2) is 176 Å². The van der Waals surface area contributed by atoms with E-state index in [1.54, 1.807) is 0 Å². The van der Waals surface area contributed by atoms with E-state index in [1.165, 1.54) is 0 Å². The third-order valence-electron chi connectivity index (χ3n) is 13.0. The van der Waals surface area contributed by atoms with Gasteiger partial charge in [0.1, 0.15) is 0 Å². The molecule has 1 aliphatic heterocycles. The number of H-pyrrole nitrogens is 6. The second-order valence-corrected chi connectivity index (χ2v) is 21.8. The molecule has 10 rings (SSSR count). The Labute approximate surface area is 594 Å². The molecular weight excluding hydrogens is 1390 g/mol. The number of carbonyl (C=O) groups is 6. The fourth-order valence-corrected chi connectivity index (χ4v) is 8.43. The SMILES string of the molecule is CC(=O)[O-].CC(=O)[O-].CC(=O)[O-].CC(=O)[O-].CC(=O)[O-].CC(=O)[O-].CC1(C)c2ccc([nH]2)C=Nc2ccccc2N=Cc2ccc([nH]2)C(C)(C)c2ccc([nH]2)C=Nc2ccccc2N=Cc2ccc([nH]2)C(C)(C)c2ccc([nH]2)C=Nc2ccccc2N=Cc2ccc1[nH]2.[Zn+2].[Zn+2].[Zn+2]. The summed E-state index contributed by atoms with van der Waals surface area (Å²) < 4.78 is 0. The van der Waals surface area contributed by atoms with Crippen molar-refractivity contribution in [3.63, 3.8) is 0 Å². The summed E-state index contributed by atoms with van der Waals surface area (Å²) in [5, 5.41) is 53.3. The normalized spacial score (nSPS) is 12.6. The number of aliphatic carboxylic acids is 6. The van der Waals surface area contributed by atoms with E-state index in [-0.39, 0.29) is 74.7 Å². The smallest absolute Gasteiger partial charge is 0.550 e. The summed E-state index contributed by atoms with van der Waals surface area (Å²) in [6.07, 6.45) is 11.1. The van der Waals surface area contributed by atoms with Crippen molar-refractivity contribution in [1.82, 2.24) is 29.9 Å². The molecule has 27 heteroatoms. The molecule has 0 radical (unpaired) electrons. The number of nitrogens with zero attached hydrogens (tertiary/aromatic N) is 6. The molecule has 0 unspecified atom stereocenters. The van der Waals surface area contributed by atoms with E-state index in [9.17, 15) is 0 Å². The molecule has 0 spiro atoms. The van der Waals surface area contributed by atoms with Gasteiger partial charge in [0.2, 0.25) is 0 Å². The summed E-state index contributed by atoms with van der Waals surface area (Å²) in [5.41, 5.74) is 15.1. The van der Waals surface area contributed by atoms with Gasteiger partial charge >= 0.3 is 58.4 Å². The van der Waals surface area contributed by atoms with E-state index < -0.39 is 35.8 Å². The van der Waals surface area contributed by atoms with Crippen molar-refractivity contribution in [2.75, 3.05) is 0 Å². The molecule has 486 valence electrons. The van der Waals surface area contributed by atoms with E-state index >= 15 is 0 Å². The van der Waals surface area contributed by atoms with Gasteiger partial charge in [-0.25, -0.2) is 0 Å². The zero-order valence-electron chi connectivity index (χ0n) is 55.5. The van der Waals surface area contributed by atoms with Gasteiger partial charge in [-0.1, -0.05) is 36.4 Å². The molecular formula is C69H72N12O12Zn3. The number of para-hydroxylation sites is 6. The number of rotatable bonds is 0. The van der Waals surface area contributed by atoms with Gasteiger partial charge in [0.15, 0.2) is 0 Å². The number of benzene rings is 3. The first-order chi connectivity index (χ1) is 43.8. The van der Waals surface area contributed by atoms with E-state index in [4.69, 9.17) is 89.4 Å². The maximum Gasteiger partial charge on any atom is 2.00 e. The van der Waals surface area contributed by atoms with E-state index in [0.29, 0.717) is 0 Å². The number of fused-ring (bicyclic) bond motifs is 15. The van der Waals surface area contributed by atoms with Crippen LogP contribution in [0, 0.1) is 0 Å². The average molecular weight is 1460 g/mol. The monoisotopic (exact) mass is 1450 g/mol. The van der Waals surface area contributed by atoms with Crippen molar-refractivity contribution in [3.05, 3.63) is 214 Å². The van der Waals surface area contributed by atoms with Crippen molar-refractivity contribution in [2.45, 2.75) is 99.3 Å². The fraction of sp³-hybridized carbons (Fsp3) is 0.217. The van der Waals surface area contributed by atoms with Gasteiger partial charge in [-0.3, -0.25) is 30.0 Å². The molecule has 24 nitrogen and oxygen atoms in total. The number of carbonyl (C=O) groups excluding carboxylic acids is 6. The molecule has 6 aromatic heterocycles. The van der Waals surface area contributed by atoms with Gasteiger partial charge in [-0.2, -0.15) is 0 Å². The number of aromatic nitrogens is 6. The molecule has 0 fully saturated rings. The largest absolute Gasteiger partial charge is 2.00 e. The molecule has 0 amide bonds. The third-order valence-corrected chi connectivity index (χ3v) is 13.0. The van der Waals surface area contributed by atoms with Crippen LogP contribution in [0.5, 0.6) is 0 Å². The summed E-state index contributed by atoms with van der Waals surface area (Å²) in [5.74, 6) is -6.50. The summed E-state index contributed by atoms with van der Waals surface area (Å²) in [7, 11) is 0. The molecule has 0 saturated carbocycles. The summed E-state index contributed by atoms with van der Waals surface area (Å²) in [6, 6.07) is 48.6. The van der Waals surface area contributed by atoms with Gasteiger partial charge in [-0.05, 0) is 192 Å². The van der Waals surface area contributed by atoms with Gasteiger partial charge < -0.3 is 89.3 Å². The number of carboxylic acids is 6. The zero-order valence-corrected chi connectivity index (χ0v) is 64.4. The maximum absolute atomic E-state index is 8.89. The van der Waals surface area contributed by atoms with Crippen LogP contribution in [-0.4, -0.2) is 103 Å². The molecule has 12 bridgehead atoms. The Morgan fingerprint density at radius 3 is 0.479 bits per heavy atom. The molecule has 6 N–H and O–H groups in total. The van der Waals surface area contributed by atoms with Gasteiger partial charge in [0.05, 0.1) is 106 Å². The van der Waals surface area contributed by atoms with E-state index in [1.807, 2.05) is 110 Å². The van der Waals surface area contributed by atoms with Crippen LogP contribution in [0.4, 0.5) is 34.1 Å². The predicted octanol–water partition coefficient (Wildman–Crippen LogP) is 5.98. The number of aromatic amines is 6. The van der Waals surface area contributed by atoms with Crippen LogP contribution in [0.3, 0.4) is 0 Å². The first kappa shape index (κ1) is 84.1. The van der Waals surface area contributed by atoms with Crippen molar-refractivity contribution >= 4 is 107 Å². The third kappa shape index (κ3) is 28.3.